The molecule has 39 heavy (non-hydrogen) atoms. The zero-order valence-electron chi connectivity index (χ0n) is 21.7. The first kappa shape index (κ1) is 29.2. The van der Waals surface area contributed by atoms with E-state index < -0.39 is 59.4 Å². The van der Waals surface area contributed by atoms with Gasteiger partial charge in [-0.3, -0.25) is 19.2 Å². The average Bonchev–Trinajstić information content (AvgIpc) is 2.90. The summed E-state index contributed by atoms with van der Waals surface area (Å²) in [7, 11) is 0. The molecule has 4 N–H and O–H groups in total. The van der Waals surface area contributed by atoms with Gasteiger partial charge < -0.3 is 39.1 Å². The highest BCUT2D eigenvalue weighted by atomic mass is 16.6. The number of rotatable bonds is 11. The van der Waals surface area contributed by atoms with Gasteiger partial charge in [0.15, 0.2) is 17.2 Å². The minimum atomic E-state index is -1.07. The van der Waals surface area contributed by atoms with Gasteiger partial charge in [0, 0.05) is 49.8 Å². The van der Waals surface area contributed by atoms with Crippen molar-refractivity contribution in [3.05, 3.63) is 34.0 Å². The normalized spacial score (nSPS) is 12.7. The van der Waals surface area contributed by atoms with Gasteiger partial charge in [-0.25, -0.2) is 0 Å². The quantitative estimate of drug-likeness (QED) is 0.119. The van der Waals surface area contributed by atoms with E-state index in [1.54, 1.807) is 13.8 Å². The van der Waals surface area contributed by atoms with E-state index in [2.05, 4.69) is 0 Å². The number of aliphatic hydroxyl groups excluding tert-OH is 1. The lowest BCUT2D eigenvalue weighted by Crippen LogP contribution is -2.31. The minimum absolute atomic E-state index is 0.00232. The Morgan fingerprint density at radius 2 is 1.38 bits per heavy atom. The van der Waals surface area contributed by atoms with Crippen LogP contribution in [0.2, 0.25) is 0 Å². The summed E-state index contributed by atoms with van der Waals surface area (Å²) < 4.78 is 21.8. The first-order chi connectivity index (χ1) is 18.5. The van der Waals surface area contributed by atoms with Crippen molar-refractivity contribution < 1.29 is 53.4 Å². The van der Waals surface area contributed by atoms with E-state index in [-0.39, 0.29) is 65.4 Å². The van der Waals surface area contributed by atoms with Crippen molar-refractivity contribution in [1.29, 1.82) is 0 Å². The van der Waals surface area contributed by atoms with Crippen LogP contribution in [0.1, 0.15) is 52.0 Å². The van der Waals surface area contributed by atoms with Crippen LogP contribution in [0.25, 0.3) is 21.9 Å². The summed E-state index contributed by atoms with van der Waals surface area (Å²) in [5.41, 5.74) is -1.08. The van der Waals surface area contributed by atoms with Crippen LogP contribution in [0.15, 0.2) is 27.4 Å². The summed E-state index contributed by atoms with van der Waals surface area (Å²) in [5, 5.41) is 40.0. The fourth-order valence-corrected chi connectivity index (χ4v) is 3.92. The third-order valence-electron chi connectivity index (χ3n) is 5.93. The monoisotopic (exact) mass is 546 g/mol. The standard InChI is InChI=1S/C27H30O12/c1-4-22(32)36-13(7-14(12-28)37-23(33)5-2)8-15-17(29)10-21-25(27(15)39-24(34)6-3)26(35)16-9-18(30)19(31)11-20(16)38-21/h9-11,13-14,28-31H,4-8,12H2,1-3H3. The van der Waals surface area contributed by atoms with Crippen molar-refractivity contribution in [2.75, 3.05) is 6.61 Å². The maximum Gasteiger partial charge on any atom is 0.310 e. The summed E-state index contributed by atoms with van der Waals surface area (Å²) in [6, 6.07) is 3.13. The number of phenolic OH excluding ortho intramolecular Hbond substituents is 3. The highest BCUT2D eigenvalue weighted by Gasteiger charge is 2.28. The van der Waals surface area contributed by atoms with E-state index in [1.807, 2.05) is 0 Å². The van der Waals surface area contributed by atoms with Crippen molar-refractivity contribution in [2.24, 2.45) is 0 Å². The predicted octanol–water partition coefficient (Wildman–Crippen LogP) is 2.95. The molecule has 0 aliphatic rings. The Kier molecular flexibility index (Phi) is 9.36. The number of ether oxygens (including phenoxy) is 3. The van der Waals surface area contributed by atoms with Gasteiger partial charge in [0.1, 0.15) is 34.5 Å². The Morgan fingerprint density at radius 1 is 0.821 bits per heavy atom. The molecule has 3 rings (SSSR count). The number of carbonyl (C=O) groups excluding carboxylic acids is 3. The molecule has 0 saturated carbocycles. The second kappa shape index (κ2) is 12.5. The number of hydrogen-bond donors (Lipinski definition) is 4. The lowest BCUT2D eigenvalue weighted by atomic mass is 9.98. The molecule has 0 aliphatic heterocycles. The van der Waals surface area contributed by atoms with Crippen molar-refractivity contribution in [3.63, 3.8) is 0 Å². The molecule has 0 saturated heterocycles. The van der Waals surface area contributed by atoms with Crippen molar-refractivity contribution in [3.8, 4) is 23.0 Å². The number of carbonyl (C=O) groups is 3. The molecule has 12 heteroatoms. The second-order valence-electron chi connectivity index (χ2n) is 8.73. The number of aliphatic hydroxyl groups is 1. The van der Waals surface area contributed by atoms with Crippen LogP contribution in [0.3, 0.4) is 0 Å². The molecule has 0 radical (unpaired) electrons. The summed E-state index contributed by atoms with van der Waals surface area (Å²) in [4.78, 5) is 49.8. The molecular weight excluding hydrogens is 516 g/mol. The van der Waals surface area contributed by atoms with Gasteiger partial charge in [-0.1, -0.05) is 20.8 Å². The van der Waals surface area contributed by atoms with E-state index in [0.717, 1.165) is 18.2 Å². The Morgan fingerprint density at radius 3 is 1.97 bits per heavy atom. The highest BCUT2D eigenvalue weighted by Crippen LogP contribution is 2.39. The van der Waals surface area contributed by atoms with Gasteiger partial charge in [0.2, 0.25) is 5.43 Å². The molecule has 2 unspecified atom stereocenters. The molecule has 1 heterocycles. The molecule has 210 valence electrons. The van der Waals surface area contributed by atoms with Gasteiger partial charge in [-0.2, -0.15) is 0 Å². The summed E-state index contributed by atoms with van der Waals surface area (Å²) in [5.74, 6) is -3.87. The van der Waals surface area contributed by atoms with E-state index in [0.29, 0.717) is 0 Å². The minimum Gasteiger partial charge on any atom is -0.507 e. The number of phenols is 3. The zero-order valence-corrected chi connectivity index (χ0v) is 21.7. The maximum atomic E-state index is 13.5. The number of fused-ring (bicyclic) bond motifs is 2. The topological polar surface area (TPSA) is 190 Å². The van der Waals surface area contributed by atoms with Crippen LogP contribution in [0.4, 0.5) is 0 Å². The Bertz CT molecular complexity index is 1460. The summed E-state index contributed by atoms with van der Waals surface area (Å²) in [6.45, 7) is 4.08. The van der Waals surface area contributed by atoms with Crippen LogP contribution in [-0.4, -0.2) is 57.1 Å². The van der Waals surface area contributed by atoms with E-state index in [1.165, 1.54) is 6.92 Å². The zero-order chi connectivity index (χ0) is 28.9. The van der Waals surface area contributed by atoms with Crippen molar-refractivity contribution >= 4 is 39.8 Å². The van der Waals surface area contributed by atoms with Gasteiger partial charge in [-0.15, -0.1) is 0 Å². The second-order valence-corrected chi connectivity index (χ2v) is 8.73. The van der Waals surface area contributed by atoms with Crippen LogP contribution < -0.4 is 10.2 Å². The highest BCUT2D eigenvalue weighted by molar-refractivity contribution is 5.97. The van der Waals surface area contributed by atoms with Crippen LogP contribution in [0, 0.1) is 0 Å². The molecule has 0 amide bonds. The fraction of sp³-hybridized carbons (Fsp3) is 0.407. The fourth-order valence-electron chi connectivity index (χ4n) is 3.92. The van der Waals surface area contributed by atoms with E-state index in [9.17, 15) is 39.6 Å². The third kappa shape index (κ3) is 6.58. The average molecular weight is 547 g/mol. The third-order valence-corrected chi connectivity index (χ3v) is 5.93. The number of aromatic hydroxyl groups is 3. The molecule has 0 fully saturated rings. The number of hydrogen-bond acceptors (Lipinski definition) is 12. The molecule has 2 aromatic carbocycles. The van der Waals surface area contributed by atoms with Crippen molar-refractivity contribution in [1.82, 2.24) is 0 Å². The number of benzene rings is 2. The van der Waals surface area contributed by atoms with Crippen molar-refractivity contribution in [2.45, 2.75) is 65.1 Å². The molecule has 0 aliphatic carbocycles. The lowest BCUT2D eigenvalue weighted by molar-refractivity contribution is -0.157. The van der Waals surface area contributed by atoms with Gasteiger partial charge >= 0.3 is 17.9 Å². The van der Waals surface area contributed by atoms with E-state index >= 15 is 0 Å². The molecular formula is C27H30O12. The summed E-state index contributed by atoms with van der Waals surface area (Å²) in [6.07, 6.45) is -2.60. The Hall–Kier alpha value is -4.32. The summed E-state index contributed by atoms with van der Waals surface area (Å²) >= 11 is 0. The van der Waals surface area contributed by atoms with Crippen LogP contribution in [0.5, 0.6) is 23.0 Å². The number of esters is 3. The van der Waals surface area contributed by atoms with Crippen LogP contribution in [-0.2, 0) is 30.3 Å². The Balaban J connectivity index is 2.21. The lowest BCUT2D eigenvalue weighted by Gasteiger charge is -2.24. The molecule has 12 nitrogen and oxygen atoms in total. The van der Waals surface area contributed by atoms with Gasteiger partial charge in [0.05, 0.1) is 12.0 Å². The van der Waals surface area contributed by atoms with Gasteiger partial charge in [-0.05, 0) is 6.07 Å². The predicted molar refractivity (Wildman–Crippen MR) is 137 cm³/mol. The largest absolute Gasteiger partial charge is 0.507 e. The molecule has 0 spiro atoms. The maximum absolute atomic E-state index is 13.5. The molecule has 2 atom stereocenters. The molecule has 0 bridgehead atoms. The smallest absolute Gasteiger partial charge is 0.310 e. The molecule has 1 aromatic heterocycles. The first-order valence-corrected chi connectivity index (χ1v) is 12.4. The van der Waals surface area contributed by atoms with Gasteiger partial charge in [0.25, 0.3) is 0 Å². The SMILES string of the molecule is CCC(=O)Oc1c(CC(CC(CO)OC(=O)CC)OC(=O)CC)c(O)cc2oc3cc(O)c(O)cc3c(=O)c12. The first-order valence-electron chi connectivity index (χ1n) is 12.4. The Labute approximate surface area is 222 Å². The van der Waals surface area contributed by atoms with E-state index in [4.69, 9.17) is 18.6 Å². The van der Waals surface area contributed by atoms with Crippen LogP contribution >= 0.6 is 0 Å². The molecule has 3 aromatic rings.